The Bertz CT molecular complexity index is 654. The van der Waals surface area contributed by atoms with Gasteiger partial charge >= 0.3 is 5.97 Å². The molecule has 3 rings (SSSR count). The first kappa shape index (κ1) is 14.6. The number of fused-ring (bicyclic) bond motifs is 1. The van der Waals surface area contributed by atoms with Crippen LogP contribution in [0.15, 0.2) is 17.2 Å². The number of aromatic nitrogens is 1. The smallest absolute Gasteiger partial charge is 0.352 e. The number of aromatic carboxylic acids is 1. The molecule has 0 aromatic carbocycles. The van der Waals surface area contributed by atoms with E-state index in [0.717, 1.165) is 25.9 Å². The van der Waals surface area contributed by atoms with Crippen LogP contribution in [0, 0.1) is 0 Å². The molecule has 2 aliphatic rings. The van der Waals surface area contributed by atoms with Gasteiger partial charge in [-0.3, -0.25) is 4.90 Å². The highest BCUT2D eigenvalue weighted by molar-refractivity contribution is 7.89. The van der Waals surface area contributed by atoms with E-state index in [4.69, 9.17) is 5.11 Å². The van der Waals surface area contributed by atoms with Crippen LogP contribution in [0.4, 0.5) is 0 Å². The van der Waals surface area contributed by atoms with E-state index < -0.39 is 16.0 Å². The molecular formula is C13H19N3O4S. The molecule has 0 amide bonds. The number of sulfonamides is 1. The first-order chi connectivity index (χ1) is 9.89. The molecule has 2 aliphatic heterocycles. The molecule has 0 saturated carbocycles. The molecule has 2 atom stereocenters. The summed E-state index contributed by atoms with van der Waals surface area (Å²) >= 11 is 0. The van der Waals surface area contributed by atoms with Gasteiger partial charge in [0.25, 0.3) is 0 Å². The van der Waals surface area contributed by atoms with E-state index in [1.165, 1.54) is 16.6 Å². The van der Waals surface area contributed by atoms with Crippen LogP contribution in [0.25, 0.3) is 0 Å². The Kier molecular flexibility index (Phi) is 3.54. The van der Waals surface area contributed by atoms with Gasteiger partial charge in [0.05, 0.1) is 0 Å². The Morgan fingerprint density at radius 2 is 2.19 bits per heavy atom. The molecule has 8 heteroatoms. The van der Waals surface area contributed by atoms with Gasteiger partial charge in [-0.2, -0.15) is 4.31 Å². The highest BCUT2D eigenvalue weighted by atomic mass is 32.2. The summed E-state index contributed by atoms with van der Waals surface area (Å²) in [6.07, 6.45) is 3.39. The monoisotopic (exact) mass is 313 g/mol. The summed E-state index contributed by atoms with van der Waals surface area (Å²) in [6, 6.07) is 1.37. The van der Waals surface area contributed by atoms with Gasteiger partial charge in [0, 0.05) is 31.4 Å². The van der Waals surface area contributed by atoms with Gasteiger partial charge in [0.2, 0.25) is 10.0 Å². The zero-order valence-corrected chi connectivity index (χ0v) is 12.6. The summed E-state index contributed by atoms with van der Waals surface area (Å²) in [6.45, 7) is 4.16. The second-order valence-electron chi connectivity index (χ2n) is 5.77. The van der Waals surface area contributed by atoms with Crippen molar-refractivity contribution in [3.05, 3.63) is 18.0 Å². The van der Waals surface area contributed by atoms with Crippen molar-refractivity contribution in [2.75, 3.05) is 19.6 Å². The van der Waals surface area contributed by atoms with Crippen LogP contribution in [0.3, 0.4) is 0 Å². The Hall–Kier alpha value is -1.38. The van der Waals surface area contributed by atoms with Crippen molar-refractivity contribution >= 4 is 16.0 Å². The molecule has 21 heavy (non-hydrogen) atoms. The lowest BCUT2D eigenvalue weighted by molar-refractivity contribution is 0.0691. The molecule has 0 aliphatic carbocycles. The summed E-state index contributed by atoms with van der Waals surface area (Å²) < 4.78 is 26.9. The lowest BCUT2D eigenvalue weighted by atomic mass is 10.1. The Labute approximate surface area is 123 Å². The second-order valence-corrected chi connectivity index (χ2v) is 7.66. The topological polar surface area (TPSA) is 93.7 Å². The SMILES string of the molecule is CC1CN2CCCC2CN1S(=O)(=O)c1c[nH]c(C(=O)O)c1. The average molecular weight is 313 g/mol. The number of aromatic amines is 1. The molecule has 0 radical (unpaired) electrons. The van der Waals surface area contributed by atoms with E-state index >= 15 is 0 Å². The minimum atomic E-state index is -3.65. The number of nitrogens with one attached hydrogen (secondary N) is 1. The molecule has 1 aromatic heterocycles. The molecule has 3 heterocycles. The number of carbonyl (C=O) groups is 1. The average Bonchev–Trinajstić information content (AvgIpc) is 3.06. The largest absolute Gasteiger partial charge is 0.477 e. The van der Waals surface area contributed by atoms with Gasteiger partial charge < -0.3 is 10.1 Å². The molecular weight excluding hydrogens is 294 g/mol. The number of H-pyrrole nitrogens is 1. The van der Waals surface area contributed by atoms with E-state index in [1.807, 2.05) is 6.92 Å². The Morgan fingerprint density at radius 3 is 2.86 bits per heavy atom. The summed E-state index contributed by atoms with van der Waals surface area (Å²) in [5.74, 6) is -1.16. The molecule has 2 saturated heterocycles. The summed E-state index contributed by atoms with van der Waals surface area (Å²) in [5.41, 5.74) is -0.110. The molecule has 2 unspecified atom stereocenters. The van der Waals surface area contributed by atoms with E-state index in [2.05, 4.69) is 9.88 Å². The van der Waals surface area contributed by atoms with E-state index in [0.29, 0.717) is 6.54 Å². The number of hydrogen-bond acceptors (Lipinski definition) is 4. The van der Waals surface area contributed by atoms with Crippen LogP contribution in [0.2, 0.25) is 0 Å². The van der Waals surface area contributed by atoms with E-state index in [-0.39, 0.29) is 22.7 Å². The molecule has 116 valence electrons. The quantitative estimate of drug-likeness (QED) is 0.851. The van der Waals surface area contributed by atoms with E-state index in [9.17, 15) is 13.2 Å². The lowest BCUT2D eigenvalue weighted by Crippen LogP contribution is -2.56. The van der Waals surface area contributed by atoms with Crippen molar-refractivity contribution in [3.8, 4) is 0 Å². The first-order valence-corrected chi connectivity index (χ1v) is 8.51. The van der Waals surface area contributed by atoms with Crippen molar-refractivity contribution in [2.45, 2.75) is 36.7 Å². The predicted octanol–water partition coefficient (Wildman–Crippen LogP) is 0.570. The summed E-state index contributed by atoms with van der Waals surface area (Å²) in [4.78, 5) is 15.8. The normalized spacial score (nSPS) is 27.7. The highest BCUT2D eigenvalue weighted by Gasteiger charge is 2.40. The maximum Gasteiger partial charge on any atom is 0.352 e. The summed E-state index contributed by atoms with van der Waals surface area (Å²) in [5, 5.41) is 8.90. The zero-order valence-electron chi connectivity index (χ0n) is 11.8. The number of nitrogens with zero attached hydrogens (tertiary/aromatic N) is 2. The van der Waals surface area contributed by atoms with Crippen molar-refractivity contribution in [2.24, 2.45) is 0 Å². The van der Waals surface area contributed by atoms with Gasteiger partial charge in [0.1, 0.15) is 10.6 Å². The fourth-order valence-electron chi connectivity index (χ4n) is 3.28. The van der Waals surface area contributed by atoms with Crippen LogP contribution >= 0.6 is 0 Å². The van der Waals surface area contributed by atoms with Gasteiger partial charge in [-0.15, -0.1) is 0 Å². The number of piperazine rings is 1. The van der Waals surface area contributed by atoms with Crippen molar-refractivity contribution in [1.82, 2.24) is 14.2 Å². The van der Waals surface area contributed by atoms with Gasteiger partial charge in [0.15, 0.2) is 0 Å². The Morgan fingerprint density at radius 1 is 1.43 bits per heavy atom. The number of hydrogen-bond donors (Lipinski definition) is 2. The minimum absolute atomic E-state index is 0.0261. The maximum atomic E-state index is 12.7. The summed E-state index contributed by atoms with van der Waals surface area (Å²) in [7, 11) is -3.65. The van der Waals surface area contributed by atoms with Crippen molar-refractivity contribution in [1.29, 1.82) is 0 Å². The standard InChI is InChI=1S/C13H19N3O4S/c1-9-7-15-4-2-3-10(15)8-16(9)21(19,20)11-5-12(13(17)18)14-6-11/h5-6,9-10,14H,2-4,7-8H2,1H3,(H,17,18). The molecule has 2 N–H and O–H groups in total. The minimum Gasteiger partial charge on any atom is -0.477 e. The fourth-order valence-corrected chi connectivity index (χ4v) is 4.93. The fraction of sp³-hybridized carbons (Fsp3) is 0.615. The van der Waals surface area contributed by atoms with Crippen LogP contribution in [-0.4, -0.2) is 65.4 Å². The molecule has 2 fully saturated rings. The van der Waals surface area contributed by atoms with Gasteiger partial charge in [-0.05, 0) is 32.4 Å². The second kappa shape index (κ2) is 5.11. The van der Waals surface area contributed by atoms with Crippen LogP contribution in [-0.2, 0) is 10.0 Å². The maximum absolute atomic E-state index is 12.7. The zero-order chi connectivity index (χ0) is 15.2. The first-order valence-electron chi connectivity index (χ1n) is 7.07. The number of carboxylic acid groups (broad SMARTS) is 1. The molecule has 0 bridgehead atoms. The number of carboxylic acids is 1. The third-order valence-corrected chi connectivity index (χ3v) is 6.33. The molecule has 1 aromatic rings. The Balaban J connectivity index is 1.88. The van der Waals surface area contributed by atoms with Crippen LogP contribution in [0.5, 0.6) is 0 Å². The molecule has 7 nitrogen and oxygen atoms in total. The van der Waals surface area contributed by atoms with Crippen LogP contribution in [0.1, 0.15) is 30.3 Å². The highest BCUT2D eigenvalue weighted by Crippen LogP contribution is 2.29. The van der Waals surface area contributed by atoms with Crippen molar-refractivity contribution in [3.63, 3.8) is 0 Å². The predicted molar refractivity (Wildman–Crippen MR) is 75.7 cm³/mol. The lowest BCUT2D eigenvalue weighted by Gasteiger charge is -2.41. The third kappa shape index (κ3) is 2.47. The van der Waals surface area contributed by atoms with Crippen molar-refractivity contribution < 1.29 is 18.3 Å². The number of rotatable bonds is 3. The van der Waals surface area contributed by atoms with Gasteiger partial charge in [-0.25, -0.2) is 13.2 Å². The van der Waals surface area contributed by atoms with Gasteiger partial charge in [-0.1, -0.05) is 0 Å². The third-order valence-electron chi connectivity index (χ3n) is 4.37. The van der Waals surface area contributed by atoms with Crippen LogP contribution < -0.4 is 0 Å². The molecule has 0 spiro atoms. The van der Waals surface area contributed by atoms with E-state index in [1.54, 1.807) is 0 Å².